The van der Waals surface area contributed by atoms with Crippen LogP contribution in [0.3, 0.4) is 0 Å². The molecule has 2 aliphatic rings. The van der Waals surface area contributed by atoms with Crippen LogP contribution in [0.15, 0.2) is 0 Å². The van der Waals surface area contributed by atoms with Crippen LogP contribution < -0.4 is 0 Å². The Kier molecular flexibility index (Phi) is 5.75. The van der Waals surface area contributed by atoms with E-state index >= 15 is 0 Å². The summed E-state index contributed by atoms with van der Waals surface area (Å²) in [6, 6.07) is 0. The summed E-state index contributed by atoms with van der Waals surface area (Å²) < 4.78 is 0. The maximum Gasteiger partial charge on any atom is 0.307 e. The molecule has 0 aliphatic heterocycles. The summed E-state index contributed by atoms with van der Waals surface area (Å²) in [5.74, 6) is -7.44. The molecule has 27 heavy (non-hydrogen) atoms. The number of carboxylic acid groups (broad SMARTS) is 4. The van der Waals surface area contributed by atoms with Crippen LogP contribution in [0.5, 0.6) is 0 Å². The monoisotopic (exact) mass is 400 g/mol. The van der Waals surface area contributed by atoms with E-state index in [1.807, 2.05) is 0 Å². The highest BCUT2D eigenvalue weighted by molar-refractivity contribution is 6.89. The van der Waals surface area contributed by atoms with Gasteiger partial charge in [0.05, 0.1) is 30.0 Å². The van der Waals surface area contributed by atoms with Crippen LogP contribution in [0.1, 0.15) is 51.4 Å². The van der Waals surface area contributed by atoms with Gasteiger partial charge in [0, 0.05) is 0 Å². The Hall–Kier alpha value is -1.90. The van der Waals surface area contributed by atoms with E-state index in [-0.39, 0.29) is 25.7 Å². The summed E-state index contributed by atoms with van der Waals surface area (Å²) in [7, 11) is -3.54. The summed E-state index contributed by atoms with van der Waals surface area (Å²) in [4.78, 5) is 49.1. The van der Waals surface area contributed by atoms with Gasteiger partial charge < -0.3 is 20.4 Å². The number of rotatable bonds is 6. The van der Waals surface area contributed by atoms with E-state index in [4.69, 9.17) is 0 Å². The van der Waals surface area contributed by atoms with Gasteiger partial charge in [0.1, 0.15) is 0 Å². The van der Waals surface area contributed by atoms with Gasteiger partial charge in [0.15, 0.2) is 0 Å². The van der Waals surface area contributed by atoms with Crippen LogP contribution >= 0.6 is 0 Å². The van der Waals surface area contributed by atoms with Crippen molar-refractivity contribution in [2.45, 2.75) is 74.5 Å². The van der Waals surface area contributed by atoms with E-state index in [2.05, 4.69) is 0 Å². The molecular formula is C18H28O8Si. The topological polar surface area (TPSA) is 149 Å². The maximum atomic E-state index is 12.6. The summed E-state index contributed by atoms with van der Waals surface area (Å²) in [5, 5.41) is 36.6. The van der Waals surface area contributed by atoms with Crippen molar-refractivity contribution in [3.05, 3.63) is 0 Å². The first-order valence-electron chi connectivity index (χ1n) is 9.39. The minimum Gasteiger partial charge on any atom is -0.481 e. The Labute approximate surface area is 158 Å². The molecule has 9 heteroatoms. The molecule has 2 rings (SSSR count). The van der Waals surface area contributed by atoms with E-state index in [1.165, 1.54) is 0 Å². The van der Waals surface area contributed by atoms with Crippen molar-refractivity contribution in [1.29, 1.82) is 0 Å². The van der Waals surface area contributed by atoms with Crippen molar-refractivity contribution in [2.24, 2.45) is 11.8 Å². The quantitative estimate of drug-likeness (QED) is 0.497. The van der Waals surface area contributed by atoms with E-state index in [0.717, 1.165) is 0 Å². The van der Waals surface area contributed by atoms with E-state index in [9.17, 15) is 39.6 Å². The number of carbonyl (C=O) groups is 4. The fraction of sp³-hybridized carbons (Fsp3) is 0.778. The second-order valence-corrected chi connectivity index (χ2v) is 13.5. The summed E-state index contributed by atoms with van der Waals surface area (Å²) >= 11 is 0. The lowest BCUT2D eigenvalue weighted by Crippen LogP contribution is -2.66. The van der Waals surface area contributed by atoms with Gasteiger partial charge in [-0.2, -0.15) is 0 Å². The van der Waals surface area contributed by atoms with Gasteiger partial charge in [0.2, 0.25) is 0 Å². The highest BCUT2D eigenvalue weighted by atomic mass is 28.3. The largest absolute Gasteiger partial charge is 0.481 e. The number of hydrogen-bond acceptors (Lipinski definition) is 4. The molecule has 0 spiro atoms. The number of aliphatic carboxylic acids is 4. The molecule has 0 aromatic rings. The Morgan fingerprint density at radius 2 is 1.04 bits per heavy atom. The molecule has 2 fully saturated rings. The second-order valence-electron chi connectivity index (χ2n) is 8.45. The molecule has 2 saturated carbocycles. The summed E-state index contributed by atoms with van der Waals surface area (Å²) in [5.41, 5.74) is 0. The SMILES string of the molecule is C[Si](C)(C1(C(=O)O)CCCCC1C(=O)O)C1(C(=O)O)CCCCC1C(=O)O. The molecule has 0 saturated heterocycles. The van der Waals surface area contributed by atoms with Crippen molar-refractivity contribution < 1.29 is 39.6 Å². The Bertz CT molecular complexity index is 606. The lowest BCUT2D eigenvalue weighted by Gasteiger charge is -2.58. The third kappa shape index (κ3) is 2.86. The zero-order chi connectivity index (χ0) is 20.6. The highest BCUT2D eigenvalue weighted by Crippen LogP contribution is 2.67. The Balaban J connectivity index is 2.78. The molecule has 4 atom stereocenters. The zero-order valence-corrected chi connectivity index (χ0v) is 16.7. The molecule has 0 bridgehead atoms. The second kappa shape index (κ2) is 7.25. The zero-order valence-electron chi connectivity index (χ0n) is 15.7. The first-order chi connectivity index (χ1) is 12.5. The lowest BCUT2D eigenvalue weighted by molar-refractivity contribution is -0.157. The van der Waals surface area contributed by atoms with Crippen molar-refractivity contribution in [2.75, 3.05) is 0 Å². The van der Waals surface area contributed by atoms with Gasteiger partial charge in [0.25, 0.3) is 0 Å². The highest BCUT2D eigenvalue weighted by Gasteiger charge is 2.72. The van der Waals surface area contributed by atoms with E-state index in [1.54, 1.807) is 13.1 Å². The summed E-state index contributed by atoms with van der Waals surface area (Å²) in [6.07, 6.45) is 2.65. The fourth-order valence-corrected chi connectivity index (χ4v) is 11.7. The molecular weight excluding hydrogens is 372 g/mol. The molecule has 4 N–H and O–H groups in total. The van der Waals surface area contributed by atoms with Crippen molar-refractivity contribution in [3.63, 3.8) is 0 Å². The van der Waals surface area contributed by atoms with Crippen LogP contribution in [-0.2, 0) is 19.2 Å². The van der Waals surface area contributed by atoms with Gasteiger partial charge in [-0.1, -0.05) is 38.8 Å². The average Bonchev–Trinajstić information content (AvgIpc) is 2.60. The van der Waals surface area contributed by atoms with Crippen LogP contribution in [-0.4, -0.2) is 52.4 Å². The van der Waals surface area contributed by atoms with Gasteiger partial charge in [-0.3, -0.25) is 19.2 Å². The molecule has 0 amide bonds. The van der Waals surface area contributed by atoms with Crippen LogP contribution in [0, 0.1) is 11.8 Å². The maximum absolute atomic E-state index is 12.6. The van der Waals surface area contributed by atoms with E-state index in [0.29, 0.717) is 25.7 Å². The van der Waals surface area contributed by atoms with Gasteiger partial charge in [-0.05, 0) is 25.7 Å². The molecule has 0 aromatic carbocycles. The fourth-order valence-electron chi connectivity index (χ4n) is 5.96. The normalized spacial score (nSPS) is 34.6. The van der Waals surface area contributed by atoms with E-state index < -0.39 is 53.9 Å². The molecule has 4 unspecified atom stereocenters. The lowest BCUT2D eigenvalue weighted by atomic mass is 9.76. The minimum absolute atomic E-state index is 0.0832. The van der Waals surface area contributed by atoms with Gasteiger partial charge in [-0.25, -0.2) is 0 Å². The third-order valence-corrected chi connectivity index (χ3v) is 13.5. The van der Waals surface area contributed by atoms with Crippen LogP contribution in [0.4, 0.5) is 0 Å². The first-order valence-corrected chi connectivity index (χ1v) is 12.4. The van der Waals surface area contributed by atoms with Gasteiger partial charge >= 0.3 is 23.9 Å². The van der Waals surface area contributed by atoms with Gasteiger partial charge in [-0.15, -0.1) is 0 Å². The molecule has 2 aliphatic carbocycles. The Morgan fingerprint density at radius 3 is 1.30 bits per heavy atom. The van der Waals surface area contributed by atoms with Crippen LogP contribution in [0.2, 0.25) is 23.2 Å². The molecule has 0 radical (unpaired) electrons. The number of carboxylic acids is 4. The van der Waals surface area contributed by atoms with Crippen molar-refractivity contribution in [1.82, 2.24) is 0 Å². The first kappa shape index (κ1) is 21.4. The standard InChI is InChI=1S/C18H28O8Si/c1-27(2,17(15(23)24)9-5-3-7-11(17)13(19)20)18(16(25)26)10-6-4-8-12(18)14(21)22/h11-12H,3-10H2,1-2H3,(H,19,20)(H,21,22)(H,23,24)(H,25,26). The molecule has 152 valence electrons. The molecule has 0 aromatic heterocycles. The summed E-state index contributed by atoms with van der Waals surface area (Å²) in [6.45, 7) is 3.19. The third-order valence-electron chi connectivity index (χ3n) is 7.41. The Morgan fingerprint density at radius 1 is 0.704 bits per heavy atom. The minimum atomic E-state index is -3.54. The predicted octanol–water partition coefficient (Wildman–Crippen LogP) is 2.89. The van der Waals surface area contributed by atoms with Crippen molar-refractivity contribution in [3.8, 4) is 0 Å². The molecule has 8 nitrogen and oxygen atoms in total. The van der Waals surface area contributed by atoms with Crippen molar-refractivity contribution >= 4 is 32.0 Å². The number of hydrogen-bond donors (Lipinski definition) is 4. The van der Waals surface area contributed by atoms with Crippen LogP contribution in [0.25, 0.3) is 0 Å². The predicted molar refractivity (Wildman–Crippen MR) is 97.3 cm³/mol. The smallest absolute Gasteiger partial charge is 0.307 e. The average molecular weight is 401 g/mol. The molecule has 0 heterocycles.